The molecule has 6 rings (SSSR count). The number of halogens is 3. The number of aliphatic hydroxyl groups excluding tert-OH is 1. The fourth-order valence-electron chi connectivity index (χ4n) is 6.33. The van der Waals surface area contributed by atoms with Gasteiger partial charge < -0.3 is 19.9 Å². The molecule has 0 unspecified atom stereocenters. The van der Waals surface area contributed by atoms with E-state index in [9.17, 15) is 18.0 Å². The number of hydrogen-bond donors (Lipinski definition) is 2. The predicted molar refractivity (Wildman–Crippen MR) is 195 cm³/mol. The van der Waals surface area contributed by atoms with E-state index in [1.807, 2.05) is 54.6 Å². The van der Waals surface area contributed by atoms with Gasteiger partial charge in [-0.25, -0.2) is 4.99 Å². The molecule has 0 saturated heterocycles. The Labute approximate surface area is 304 Å². The summed E-state index contributed by atoms with van der Waals surface area (Å²) in [5.41, 5.74) is 10.8. The summed E-state index contributed by atoms with van der Waals surface area (Å²) < 4.78 is 54.2. The smallest absolute Gasteiger partial charge is 0.416 e. The topological polar surface area (TPSA) is 129 Å². The van der Waals surface area contributed by atoms with E-state index < -0.39 is 35.8 Å². The van der Waals surface area contributed by atoms with E-state index in [0.717, 1.165) is 17.2 Å². The van der Waals surface area contributed by atoms with Gasteiger partial charge in [0.2, 0.25) is 5.90 Å². The van der Waals surface area contributed by atoms with Crippen molar-refractivity contribution in [2.45, 2.75) is 43.8 Å². The number of amides is 1. The number of nitrogens with one attached hydrogen (secondary N) is 1. The second-order valence-electron chi connectivity index (χ2n) is 12.4. The third-order valence-corrected chi connectivity index (χ3v) is 9.00. The van der Waals surface area contributed by atoms with Crippen LogP contribution >= 0.6 is 0 Å². The molecule has 12 heteroatoms. The van der Waals surface area contributed by atoms with E-state index in [2.05, 4.69) is 15.3 Å². The van der Waals surface area contributed by atoms with E-state index in [1.165, 1.54) is 18.2 Å². The molecule has 0 bridgehead atoms. The van der Waals surface area contributed by atoms with Crippen LogP contribution in [0.3, 0.4) is 0 Å². The molecule has 9 nitrogen and oxygen atoms in total. The first-order valence-electron chi connectivity index (χ1n) is 17.0. The van der Waals surface area contributed by atoms with Crippen LogP contribution in [0, 0.1) is 0 Å². The van der Waals surface area contributed by atoms with Crippen molar-refractivity contribution in [3.8, 4) is 16.9 Å². The monoisotopic (exact) mass is 719 g/mol. The quantitative estimate of drug-likeness (QED) is 0.0515. The fraction of sp³-hybridized carbons (Fsp3) is 0.220. The van der Waals surface area contributed by atoms with Gasteiger partial charge in [-0.15, -0.1) is 0 Å². The molecule has 0 saturated carbocycles. The fourth-order valence-corrected chi connectivity index (χ4v) is 6.33. The molecule has 0 radical (unpaired) electrons. The number of benzene rings is 5. The first-order chi connectivity index (χ1) is 25.7. The van der Waals surface area contributed by atoms with Gasteiger partial charge in [-0.2, -0.15) is 13.2 Å². The highest BCUT2D eigenvalue weighted by Gasteiger charge is 2.53. The average Bonchev–Trinajstić information content (AvgIpc) is 3.57. The number of nitrogens with zero attached hydrogens (tertiary/aromatic N) is 4. The van der Waals surface area contributed by atoms with Gasteiger partial charge in [0.15, 0.2) is 11.6 Å². The number of carbonyl (C=O) groups is 1. The summed E-state index contributed by atoms with van der Waals surface area (Å²) >= 11 is 0. The minimum Gasteiger partial charge on any atom is -0.494 e. The summed E-state index contributed by atoms with van der Waals surface area (Å²) in [7, 11) is 0. The van der Waals surface area contributed by atoms with Gasteiger partial charge in [0.25, 0.3) is 5.91 Å². The van der Waals surface area contributed by atoms with Gasteiger partial charge in [-0.05, 0) is 69.2 Å². The lowest BCUT2D eigenvalue weighted by Gasteiger charge is -2.31. The van der Waals surface area contributed by atoms with Crippen LogP contribution in [0.1, 0.15) is 45.9 Å². The van der Waals surface area contributed by atoms with Crippen molar-refractivity contribution in [3.05, 3.63) is 171 Å². The highest BCUT2D eigenvalue weighted by Crippen LogP contribution is 2.44. The zero-order valence-corrected chi connectivity index (χ0v) is 28.5. The number of rotatable bonds is 14. The van der Waals surface area contributed by atoms with Crippen LogP contribution in [0.2, 0.25) is 0 Å². The van der Waals surface area contributed by atoms with Crippen LogP contribution in [-0.4, -0.2) is 35.7 Å². The zero-order valence-electron chi connectivity index (χ0n) is 28.5. The second-order valence-corrected chi connectivity index (χ2v) is 12.4. The molecule has 2 N–H and O–H groups in total. The van der Waals surface area contributed by atoms with E-state index >= 15 is 0 Å². The third kappa shape index (κ3) is 8.52. The van der Waals surface area contributed by atoms with Gasteiger partial charge in [-0.1, -0.05) is 102 Å². The Bertz CT molecular complexity index is 2100. The van der Waals surface area contributed by atoms with Crippen LogP contribution in [0.5, 0.6) is 5.75 Å². The van der Waals surface area contributed by atoms with Gasteiger partial charge in [0, 0.05) is 36.5 Å². The third-order valence-electron chi connectivity index (χ3n) is 9.00. The van der Waals surface area contributed by atoms with Crippen LogP contribution in [0.25, 0.3) is 21.6 Å². The molecular weight excluding hydrogens is 683 g/mol. The molecule has 1 heterocycles. The molecule has 1 aliphatic heterocycles. The van der Waals surface area contributed by atoms with Crippen LogP contribution in [0.4, 0.5) is 13.2 Å². The van der Waals surface area contributed by atoms with E-state index in [-0.39, 0.29) is 31.0 Å². The minimum absolute atomic E-state index is 0.00558. The van der Waals surface area contributed by atoms with Gasteiger partial charge in [0.05, 0.1) is 18.7 Å². The Morgan fingerprint density at radius 3 is 2.15 bits per heavy atom. The zero-order chi connectivity index (χ0) is 37.3. The van der Waals surface area contributed by atoms with Crippen molar-refractivity contribution in [2.24, 2.45) is 10.1 Å². The molecule has 5 aromatic rings. The summed E-state index contributed by atoms with van der Waals surface area (Å²) in [5.74, 6) is 0.0692. The Morgan fingerprint density at radius 2 is 1.47 bits per heavy atom. The summed E-state index contributed by atoms with van der Waals surface area (Å²) in [5, 5.41) is 15.6. The predicted octanol–water partition coefficient (Wildman–Crippen LogP) is 8.76. The molecule has 53 heavy (non-hydrogen) atoms. The van der Waals surface area contributed by atoms with Crippen LogP contribution < -0.4 is 10.1 Å². The van der Waals surface area contributed by atoms with Crippen molar-refractivity contribution in [2.75, 3.05) is 13.2 Å². The maximum absolute atomic E-state index is 14.8. The first kappa shape index (κ1) is 36.7. The number of azide groups is 1. The Hall–Kier alpha value is -6.10. The number of alkyl halides is 3. The van der Waals surface area contributed by atoms with Gasteiger partial charge >= 0.3 is 6.18 Å². The van der Waals surface area contributed by atoms with Crippen molar-refractivity contribution in [1.82, 2.24) is 5.32 Å². The van der Waals surface area contributed by atoms with E-state index in [4.69, 9.17) is 25.1 Å². The molecule has 1 aliphatic rings. The number of ether oxygens (including phenoxy) is 2. The standard InChI is InChI=1S/C41H36F3N5O4/c42-41(43,44)36-14-7-6-13-34(36)26-46-39(51)40(25-32-11-4-5-12-33(32)27-47-49-45)37(30-17-15-29(16-18-30)28-9-2-1-3-10-28)53-38(48-40)31-19-21-35(22-20-31)52-24-8-23-50/h1-7,9-22,37,50H,8,23-27H2,(H,46,51)/t37-,40-/m1/s1. The summed E-state index contributed by atoms with van der Waals surface area (Å²) in [6, 6.07) is 36.5. The SMILES string of the molecule is [N-]=[N+]=NCc1ccccc1C[C@@]1(C(=O)NCc2ccccc2C(F)(F)F)N=C(c2ccc(OCCCO)cc2)O[C@@H]1c1ccc(-c2ccccc2)cc1. The molecule has 2 atom stereocenters. The second kappa shape index (κ2) is 16.5. The normalized spacial score (nSPS) is 16.6. The molecule has 0 spiro atoms. The number of aliphatic imine (C=N–C) groups is 1. The van der Waals surface area contributed by atoms with Gasteiger partial charge in [0.1, 0.15) is 5.75 Å². The molecule has 0 aliphatic carbocycles. The lowest BCUT2D eigenvalue weighted by Crippen LogP contribution is -2.50. The summed E-state index contributed by atoms with van der Waals surface area (Å²) in [6.07, 6.45) is -5.21. The molecule has 0 fully saturated rings. The molecule has 0 aromatic heterocycles. The lowest BCUT2D eigenvalue weighted by molar-refractivity contribution is -0.138. The van der Waals surface area contributed by atoms with Crippen molar-refractivity contribution >= 4 is 11.8 Å². The molecule has 5 aromatic carbocycles. The maximum Gasteiger partial charge on any atom is 0.416 e. The van der Waals surface area contributed by atoms with Crippen LogP contribution in [-0.2, 0) is 35.2 Å². The Balaban J connectivity index is 1.46. The maximum atomic E-state index is 14.8. The van der Waals surface area contributed by atoms with E-state index in [1.54, 1.807) is 48.5 Å². The minimum atomic E-state index is -4.63. The Morgan fingerprint density at radius 1 is 0.849 bits per heavy atom. The summed E-state index contributed by atoms with van der Waals surface area (Å²) in [6.45, 7) is -0.0886. The van der Waals surface area contributed by atoms with Gasteiger partial charge in [-0.3, -0.25) is 4.79 Å². The summed E-state index contributed by atoms with van der Waals surface area (Å²) in [4.78, 5) is 22.7. The van der Waals surface area contributed by atoms with Crippen molar-refractivity contribution in [1.29, 1.82) is 0 Å². The molecule has 1 amide bonds. The molecular formula is C41H36F3N5O4. The number of carbonyl (C=O) groups excluding carboxylic acids is 1. The van der Waals surface area contributed by atoms with E-state index in [0.29, 0.717) is 41.0 Å². The first-order valence-corrected chi connectivity index (χ1v) is 17.0. The van der Waals surface area contributed by atoms with Crippen molar-refractivity contribution < 1.29 is 32.5 Å². The lowest BCUT2D eigenvalue weighted by atomic mass is 9.80. The molecule has 270 valence electrons. The number of aliphatic hydroxyl groups is 1. The largest absolute Gasteiger partial charge is 0.494 e. The number of hydrogen-bond acceptors (Lipinski definition) is 6. The Kier molecular flexibility index (Phi) is 11.4. The highest BCUT2D eigenvalue weighted by atomic mass is 19.4. The van der Waals surface area contributed by atoms with Crippen molar-refractivity contribution in [3.63, 3.8) is 0 Å². The highest BCUT2D eigenvalue weighted by molar-refractivity contribution is 6.01. The van der Waals surface area contributed by atoms with Crippen LogP contribution in [0.15, 0.2) is 138 Å². The average molecular weight is 720 g/mol.